The summed E-state index contributed by atoms with van der Waals surface area (Å²) in [5.41, 5.74) is 5.63. The quantitative estimate of drug-likeness (QED) is 0.573. The van der Waals surface area contributed by atoms with Gasteiger partial charge >= 0.3 is 0 Å². The van der Waals surface area contributed by atoms with E-state index in [9.17, 15) is 9.59 Å². The van der Waals surface area contributed by atoms with Crippen molar-refractivity contribution in [3.8, 4) is 0 Å². The van der Waals surface area contributed by atoms with Crippen molar-refractivity contribution in [1.82, 2.24) is 10.6 Å². The Bertz CT molecular complexity index is 257. The molecule has 0 aromatic heterocycles. The average Bonchev–Trinajstić information content (AvgIpc) is 3.07. The van der Waals surface area contributed by atoms with Gasteiger partial charge < -0.3 is 16.4 Å². The summed E-state index contributed by atoms with van der Waals surface area (Å²) >= 11 is 0. The van der Waals surface area contributed by atoms with E-state index in [0.29, 0.717) is 19.5 Å². The zero-order chi connectivity index (χ0) is 12.0. The highest BCUT2D eigenvalue weighted by molar-refractivity contribution is 5.85. The maximum Gasteiger partial charge on any atom is 0.236 e. The summed E-state index contributed by atoms with van der Waals surface area (Å²) in [6.45, 7) is 2.93. The van der Waals surface area contributed by atoms with E-state index in [1.165, 1.54) is 0 Å². The van der Waals surface area contributed by atoms with Gasteiger partial charge in [-0.1, -0.05) is 13.3 Å². The lowest BCUT2D eigenvalue weighted by molar-refractivity contribution is -0.124. The molecule has 1 aliphatic rings. The molecule has 0 heterocycles. The van der Waals surface area contributed by atoms with Crippen LogP contribution in [-0.4, -0.2) is 30.9 Å². The molecule has 100 valence electrons. The first kappa shape index (κ1) is 16.2. The predicted octanol–water partition coefficient (Wildman–Crippen LogP) is 0.178. The SMILES string of the molecule is CCCC(N)C(=O)NCCNC(=O)C1CC1.Cl. The van der Waals surface area contributed by atoms with Crippen LogP contribution in [0.2, 0.25) is 0 Å². The average molecular weight is 264 g/mol. The van der Waals surface area contributed by atoms with Gasteiger partial charge in [-0.05, 0) is 19.3 Å². The maximum absolute atomic E-state index is 11.4. The third kappa shape index (κ3) is 6.48. The van der Waals surface area contributed by atoms with Crippen molar-refractivity contribution in [2.45, 2.75) is 38.6 Å². The summed E-state index contributed by atoms with van der Waals surface area (Å²) in [5.74, 6) is 0.188. The minimum absolute atomic E-state index is 0. The van der Waals surface area contributed by atoms with Gasteiger partial charge in [0.25, 0.3) is 0 Å². The lowest BCUT2D eigenvalue weighted by Gasteiger charge is -2.11. The van der Waals surface area contributed by atoms with Crippen LogP contribution >= 0.6 is 12.4 Å². The van der Waals surface area contributed by atoms with Crippen molar-refractivity contribution in [2.24, 2.45) is 11.7 Å². The van der Waals surface area contributed by atoms with Gasteiger partial charge in [-0.15, -0.1) is 12.4 Å². The lowest BCUT2D eigenvalue weighted by atomic mass is 10.2. The second kappa shape index (κ2) is 8.31. The molecule has 0 bridgehead atoms. The number of carbonyl (C=O) groups is 2. The van der Waals surface area contributed by atoms with E-state index in [2.05, 4.69) is 10.6 Å². The van der Waals surface area contributed by atoms with Crippen molar-refractivity contribution >= 4 is 24.2 Å². The number of hydrogen-bond acceptors (Lipinski definition) is 3. The molecule has 1 fully saturated rings. The summed E-state index contributed by atoms with van der Waals surface area (Å²) < 4.78 is 0. The fraction of sp³-hybridized carbons (Fsp3) is 0.818. The highest BCUT2D eigenvalue weighted by atomic mass is 35.5. The van der Waals surface area contributed by atoms with Crippen molar-refractivity contribution in [2.75, 3.05) is 13.1 Å². The normalized spacial score (nSPS) is 15.6. The van der Waals surface area contributed by atoms with Gasteiger partial charge in [0.15, 0.2) is 0 Å². The van der Waals surface area contributed by atoms with Crippen LogP contribution in [0.15, 0.2) is 0 Å². The number of halogens is 1. The molecular weight excluding hydrogens is 242 g/mol. The predicted molar refractivity (Wildman–Crippen MR) is 68.9 cm³/mol. The van der Waals surface area contributed by atoms with E-state index in [0.717, 1.165) is 19.3 Å². The van der Waals surface area contributed by atoms with Crippen LogP contribution in [0, 0.1) is 5.92 Å². The summed E-state index contributed by atoms with van der Waals surface area (Å²) in [5, 5.41) is 5.48. The van der Waals surface area contributed by atoms with E-state index in [4.69, 9.17) is 5.73 Å². The Balaban J connectivity index is 0.00000256. The zero-order valence-corrected chi connectivity index (χ0v) is 11.0. The summed E-state index contributed by atoms with van der Waals surface area (Å²) in [4.78, 5) is 22.6. The van der Waals surface area contributed by atoms with Crippen LogP contribution in [0.5, 0.6) is 0 Å². The first-order valence-corrected chi connectivity index (χ1v) is 5.96. The third-order valence-corrected chi connectivity index (χ3v) is 2.61. The van der Waals surface area contributed by atoms with Crippen molar-refractivity contribution in [3.05, 3.63) is 0 Å². The molecule has 1 aliphatic carbocycles. The van der Waals surface area contributed by atoms with Crippen molar-refractivity contribution < 1.29 is 9.59 Å². The van der Waals surface area contributed by atoms with Gasteiger partial charge in [0.1, 0.15) is 0 Å². The van der Waals surface area contributed by atoms with Crippen LogP contribution in [0.1, 0.15) is 32.6 Å². The second-order valence-electron chi connectivity index (χ2n) is 4.25. The molecular formula is C11H22ClN3O2. The molecule has 0 radical (unpaired) electrons. The van der Waals surface area contributed by atoms with Crippen molar-refractivity contribution in [1.29, 1.82) is 0 Å². The number of rotatable bonds is 7. The van der Waals surface area contributed by atoms with Crippen LogP contribution < -0.4 is 16.4 Å². The Labute approximate surface area is 108 Å². The molecule has 0 aliphatic heterocycles. The molecule has 0 spiro atoms. The maximum atomic E-state index is 11.4. The fourth-order valence-electron chi connectivity index (χ4n) is 1.43. The number of nitrogens with one attached hydrogen (secondary N) is 2. The Morgan fingerprint density at radius 3 is 2.41 bits per heavy atom. The van der Waals surface area contributed by atoms with E-state index < -0.39 is 6.04 Å². The number of hydrogen-bond donors (Lipinski definition) is 3. The van der Waals surface area contributed by atoms with Crippen LogP contribution in [0.4, 0.5) is 0 Å². The topological polar surface area (TPSA) is 84.2 Å². The molecule has 0 saturated heterocycles. The second-order valence-corrected chi connectivity index (χ2v) is 4.25. The summed E-state index contributed by atoms with van der Waals surface area (Å²) in [7, 11) is 0. The Kier molecular flexibility index (Phi) is 7.91. The minimum atomic E-state index is -0.427. The van der Waals surface area contributed by atoms with Gasteiger partial charge in [0.05, 0.1) is 6.04 Å². The first-order chi connectivity index (χ1) is 7.65. The monoisotopic (exact) mass is 263 g/mol. The van der Waals surface area contributed by atoms with Crippen LogP contribution in [-0.2, 0) is 9.59 Å². The highest BCUT2D eigenvalue weighted by Crippen LogP contribution is 2.28. The number of carbonyl (C=O) groups excluding carboxylic acids is 2. The Hall–Kier alpha value is -0.810. The van der Waals surface area contributed by atoms with Gasteiger partial charge in [0, 0.05) is 19.0 Å². The molecule has 1 rings (SSSR count). The van der Waals surface area contributed by atoms with Gasteiger partial charge in [-0.25, -0.2) is 0 Å². The zero-order valence-electron chi connectivity index (χ0n) is 10.2. The molecule has 1 atom stereocenters. The Morgan fingerprint density at radius 1 is 1.29 bits per heavy atom. The minimum Gasteiger partial charge on any atom is -0.354 e. The highest BCUT2D eigenvalue weighted by Gasteiger charge is 2.28. The number of amides is 2. The van der Waals surface area contributed by atoms with Gasteiger partial charge in [-0.2, -0.15) is 0 Å². The largest absolute Gasteiger partial charge is 0.354 e. The van der Waals surface area contributed by atoms with Crippen LogP contribution in [0.3, 0.4) is 0 Å². The third-order valence-electron chi connectivity index (χ3n) is 2.61. The van der Waals surface area contributed by atoms with Gasteiger partial charge in [0.2, 0.25) is 11.8 Å². The van der Waals surface area contributed by atoms with Crippen LogP contribution in [0.25, 0.3) is 0 Å². The lowest BCUT2D eigenvalue weighted by Crippen LogP contribution is -2.43. The first-order valence-electron chi connectivity index (χ1n) is 5.96. The molecule has 4 N–H and O–H groups in total. The van der Waals surface area contributed by atoms with Crippen molar-refractivity contribution in [3.63, 3.8) is 0 Å². The molecule has 17 heavy (non-hydrogen) atoms. The smallest absolute Gasteiger partial charge is 0.236 e. The standard InChI is InChI=1S/C11H21N3O2.ClH/c1-2-3-9(12)11(16)14-7-6-13-10(15)8-4-5-8;/h8-9H,2-7,12H2,1H3,(H,13,15)(H,14,16);1H. The molecule has 5 nitrogen and oxygen atoms in total. The van der Waals surface area contributed by atoms with E-state index in [-0.39, 0.29) is 30.1 Å². The fourth-order valence-corrected chi connectivity index (χ4v) is 1.43. The summed E-state index contributed by atoms with van der Waals surface area (Å²) in [6, 6.07) is -0.427. The van der Waals surface area contributed by atoms with Gasteiger partial charge in [-0.3, -0.25) is 9.59 Å². The van der Waals surface area contributed by atoms with E-state index in [1.54, 1.807) is 0 Å². The molecule has 1 unspecified atom stereocenters. The van der Waals surface area contributed by atoms with E-state index >= 15 is 0 Å². The molecule has 0 aromatic carbocycles. The molecule has 1 saturated carbocycles. The molecule has 2 amide bonds. The molecule has 0 aromatic rings. The summed E-state index contributed by atoms with van der Waals surface area (Å²) in [6.07, 6.45) is 3.59. The Morgan fingerprint density at radius 2 is 1.88 bits per heavy atom. The molecule has 6 heteroatoms. The van der Waals surface area contributed by atoms with E-state index in [1.807, 2.05) is 6.92 Å². The number of nitrogens with two attached hydrogens (primary N) is 1.